The van der Waals surface area contributed by atoms with Crippen LogP contribution in [-0.2, 0) is 26.2 Å². The number of urea groups is 1. The minimum atomic E-state index is -0.188. The normalized spacial score (nSPS) is 13.7. The number of fused-ring (bicyclic) bond motifs is 1. The topological polar surface area (TPSA) is 90.7 Å². The molecule has 2 N–H and O–H groups in total. The highest BCUT2D eigenvalue weighted by Gasteiger charge is 2.21. The Balaban J connectivity index is 1.63. The first-order chi connectivity index (χ1) is 13.0. The van der Waals surface area contributed by atoms with Gasteiger partial charge in [-0.2, -0.15) is 5.10 Å². The average Bonchev–Trinajstić information content (AvgIpc) is 2.95. The molecule has 0 atom stereocenters. The molecule has 2 heterocycles. The maximum Gasteiger partial charge on any atom is 0.319 e. The van der Waals surface area contributed by atoms with Crippen molar-refractivity contribution >= 4 is 11.9 Å². The molecule has 3 amide bonds. The van der Waals surface area contributed by atoms with E-state index in [4.69, 9.17) is 5.11 Å². The lowest BCUT2D eigenvalue weighted by atomic mass is 10.1. The van der Waals surface area contributed by atoms with Gasteiger partial charge >= 0.3 is 6.03 Å². The number of benzene rings is 1. The summed E-state index contributed by atoms with van der Waals surface area (Å²) in [4.78, 5) is 27.9. The fraction of sp³-hybridized carbons (Fsp3) is 0.421. The number of nitrogens with one attached hydrogen (secondary N) is 1. The van der Waals surface area contributed by atoms with Crippen molar-refractivity contribution in [1.29, 1.82) is 0 Å². The van der Waals surface area contributed by atoms with E-state index in [1.807, 2.05) is 15.6 Å². The Morgan fingerprint density at radius 1 is 1.22 bits per heavy atom. The highest BCUT2D eigenvalue weighted by atomic mass is 16.3. The Hall–Kier alpha value is -2.87. The van der Waals surface area contributed by atoms with Gasteiger partial charge in [0.05, 0.1) is 31.1 Å². The van der Waals surface area contributed by atoms with Crippen molar-refractivity contribution < 1.29 is 14.7 Å². The molecular weight excluding hydrogens is 346 g/mol. The molecule has 8 heteroatoms. The second-order valence-corrected chi connectivity index (χ2v) is 6.84. The number of amides is 3. The molecule has 8 nitrogen and oxygen atoms in total. The van der Waals surface area contributed by atoms with Crippen LogP contribution in [0.2, 0.25) is 0 Å². The highest BCUT2D eigenvalue weighted by Crippen LogP contribution is 2.15. The largest absolute Gasteiger partial charge is 0.392 e. The van der Waals surface area contributed by atoms with Crippen LogP contribution in [0.4, 0.5) is 4.79 Å². The average molecular weight is 371 g/mol. The van der Waals surface area contributed by atoms with E-state index in [2.05, 4.69) is 10.4 Å². The molecule has 0 saturated heterocycles. The molecule has 0 bridgehead atoms. The Bertz CT molecular complexity index is 813. The van der Waals surface area contributed by atoms with Crippen molar-refractivity contribution in [3.8, 4) is 0 Å². The van der Waals surface area contributed by atoms with E-state index >= 15 is 0 Å². The molecule has 0 saturated carbocycles. The van der Waals surface area contributed by atoms with Gasteiger partial charge in [-0.05, 0) is 30.2 Å². The zero-order chi connectivity index (χ0) is 19.4. The van der Waals surface area contributed by atoms with E-state index in [1.54, 1.807) is 43.3 Å². The van der Waals surface area contributed by atoms with Crippen molar-refractivity contribution in [2.75, 3.05) is 20.6 Å². The van der Waals surface area contributed by atoms with E-state index in [0.29, 0.717) is 25.2 Å². The Kier molecular flexibility index (Phi) is 5.75. The van der Waals surface area contributed by atoms with Crippen molar-refractivity contribution in [2.24, 2.45) is 0 Å². The molecule has 27 heavy (non-hydrogen) atoms. The minimum absolute atomic E-state index is 0.00849. The van der Waals surface area contributed by atoms with Crippen LogP contribution in [0.25, 0.3) is 0 Å². The smallest absolute Gasteiger partial charge is 0.319 e. The Labute approximate surface area is 158 Å². The van der Waals surface area contributed by atoms with Gasteiger partial charge in [0.25, 0.3) is 5.91 Å². The van der Waals surface area contributed by atoms with Gasteiger partial charge in [0.1, 0.15) is 0 Å². The molecule has 3 rings (SSSR count). The molecule has 1 aromatic heterocycles. The van der Waals surface area contributed by atoms with Crippen LogP contribution >= 0.6 is 0 Å². The van der Waals surface area contributed by atoms with Gasteiger partial charge < -0.3 is 20.2 Å². The Morgan fingerprint density at radius 2 is 1.96 bits per heavy atom. The first-order valence-corrected chi connectivity index (χ1v) is 8.97. The maximum atomic E-state index is 12.3. The summed E-state index contributed by atoms with van der Waals surface area (Å²) >= 11 is 0. The Morgan fingerprint density at radius 3 is 2.63 bits per heavy atom. The molecule has 1 aliphatic rings. The summed E-state index contributed by atoms with van der Waals surface area (Å²) in [6.07, 6.45) is 0.845. The SMILES string of the molecule is CN(C)C(=O)N1CCCn2nc(CNC(=O)c3ccc(CO)cc3)cc2C1. The first-order valence-electron chi connectivity index (χ1n) is 8.97. The summed E-state index contributed by atoms with van der Waals surface area (Å²) in [5.74, 6) is -0.188. The van der Waals surface area contributed by atoms with E-state index in [-0.39, 0.29) is 18.5 Å². The van der Waals surface area contributed by atoms with Gasteiger partial charge in [0.15, 0.2) is 0 Å². The molecule has 2 aromatic rings. The second kappa shape index (κ2) is 8.22. The van der Waals surface area contributed by atoms with Crippen molar-refractivity contribution in [3.63, 3.8) is 0 Å². The number of hydrogen-bond donors (Lipinski definition) is 2. The summed E-state index contributed by atoms with van der Waals surface area (Å²) < 4.78 is 1.92. The molecule has 144 valence electrons. The molecule has 1 aliphatic heterocycles. The minimum Gasteiger partial charge on any atom is -0.392 e. The van der Waals surface area contributed by atoms with Crippen molar-refractivity contribution in [3.05, 3.63) is 52.8 Å². The molecule has 1 aromatic carbocycles. The number of nitrogens with zero attached hydrogens (tertiary/aromatic N) is 4. The third kappa shape index (κ3) is 4.46. The standard InChI is InChI=1S/C19H25N5O3/c1-22(2)19(27)23-8-3-9-24-17(12-23)10-16(21-24)11-20-18(26)15-6-4-14(13-25)5-7-15/h4-7,10,25H,3,8-9,11-13H2,1-2H3,(H,20,26). The number of aliphatic hydroxyl groups is 1. The fourth-order valence-electron chi connectivity index (χ4n) is 3.09. The molecule has 0 radical (unpaired) electrons. The van der Waals surface area contributed by atoms with Crippen LogP contribution in [0, 0.1) is 0 Å². The molecule has 0 aliphatic carbocycles. The third-order valence-electron chi connectivity index (χ3n) is 4.55. The number of aromatic nitrogens is 2. The molecule has 0 spiro atoms. The van der Waals surface area contributed by atoms with Gasteiger partial charge in [-0.1, -0.05) is 12.1 Å². The quantitative estimate of drug-likeness (QED) is 0.845. The lowest BCUT2D eigenvalue weighted by molar-refractivity contribution is 0.0950. The number of aryl methyl sites for hydroxylation is 1. The zero-order valence-corrected chi connectivity index (χ0v) is 15.7. The molecule has 0 fully saturated rings. The number of hydrogen-bond acceptors (Lipinski definition) is 4. The van der Waals surface area contributed by atoms with Gasteiger partial charge in [-0.15, -0.1) is 0 Å². The summed E-state index contributed by atoms with van der Waals surface area (Å²) in [6, 6.07) is 8.76. The fourth-order valence-corrected chi connectivity index (χ4v) is 3.09. The van der Waals surface area contributed by atoms with E-state index < -0.39 is 0 Å². The van der Waals surface area contributed by atoms with Gasteiger partial charge in [-0.25, -0.2) is 4.79 Å². The monoisotopic (exact) mass is 371 g/mol. The van der Waals surface area contributed by atoms with Crippen LogP contribution in [0.5, 0.6) is 0 Å². The summed E-state index contributed by atoms with van der Waals surface area (Å²) in [6.45, 7) is 2.25. The van der Waals surface area contributed by atoms with Crippen LogP contribution < -0.4 is 5.32 Å². The first kappa shape index (κ1) is 18.9. The van der Waals surface area contributed by atoms with E-state index in [0.717, 1.165) is 29.9 Å². The van der Waals surface area contributed by atoms with Crippen LogP contribution in [0.15, 0.2) is 30.3 Å². The van der Waals surface area contributed by atoms with Crippen LogP contribution in [0.3, 0.4) is 0 Å². The van der Waals surface area contributed by atoms with Crippen molar-refractivity contribution in [2.45, 2.75) is 32.7 Å². The van der Waals surface area contributed by atoms with E-state index in [1.165, 1.54) is 0 Å². The lowest BCUT2D eigenvalue weighted by Crippen LogP contribution is -2.38. The lowest BCUT2D eigenvalue weighted by Gasteiger charge is -2.23. The van der Waals surface area contributed by atoms with Gasteiger partial charge in [-0.3, -0.25) is 9.48 Å². The molecule has 0 unspecified atom stereocenters. The predicted octanol–water partition coefficient (Wildman–Crippen LogP) is 1.19. The number of carbonyl (C=O) groups excluding carboxylic acids is 2. The van der Waals surface area contributed by atoms with Crippen LogP contribution in [-0.4, -0.2) is 57.3 Å². The van der Waals surface area contributed by atoms with Crippen LogP contribution in [0.1, 0.15) is 33.7 Å². The van der Waals surface area contributed by atoms with E-state index in [9.17, 15) is 9.59 Å². The summed E-state index contributed by atoms with van der Waals surface area (Å²) in [5.41, 5.74) is 3.04. The van der Waals surface area contributed by atoms with Crippen molar-refractivity contribution in [1.82, 2.24) is 24.9 Å². The summed E-state index contributed by atoms with van der Waals surface area (Å²) in [5, 5.41) is 16.5. The number of rotatable bonds is 4. The zero-order valence-electron chi connectivity index (χ0n) is 15.7. The predicted molar refractivity (Wildman–Crippen MR) is 99.9 cm³/mol. The third-order valence-corrected chi connectivity index (χ3v) is 4.55. The van der Waals surface area contributed by atoms with Gasteiger partial charge in [0, 0.05) is 32.7 Å². The highest BCUT2D eigenvalue weighted by molar-refractivity contribution is 5.94. The second-order valence-electron chi connectivity index (χ2n) is 6.84. The number of aliphatic hydroxyl groups excluding tert-OH is 1. The summed E-state index contributed by atoms with van der Waals surface area (Å²) in [7, 11) is 3.50. The maximum absolute atomic E-state index is 12.3. The molecular formula is C19H25N5O3. The number of carbonyl (C=O) groups is 2. The van der Waals surface area contributed by atoms with Gasteiger partial charge in [0.2, 0.25) is 0 Å².